The number of nitrogens with one attached hydrogen (secondary N) is 1. The monoisotopic (exact) mass is 388 g/mol. The number of carbonyl (C=O) groups excluding carboxylic acids is 2. The molecule has 1 aliphatic rings. The summed E-state index contributed by atoms with van der Waals surface area (Å²) in [5.74, 6) is -0.616. The van der Waals surface area contributed by atoms with E-state index < -0.39 is 15.9 Å². The molecule has 2 aromatic carbocycles. The number of nitrogens with zero attached hydrogens (tertiary/aromatic N) is 1. The van der Waals surface area contributed by atoms with Crippen molar-refractivity contribution in [2.45, 2.75) is 17.4 Å². The van der Waals surface area contributed by atoms with Crippen molar-refractivity contribution in [3.63, 3.8) is 0 Å². The molecule has 0 aliphatic carbocycles. The van der Waals surface area contributed by atoms with E-state index in [0.29, 0.717) is 11.4 Å². The van der Waals surface area contributed by atoms with Crippen molar-refractivity contribution in [3.8, 4) is 5.75 Å². The zero-order valence-corrected chi connectivity index (χ0v) is 15.6. The highest BCUT2D eigenvalue weighted by molar-refractivity contribution is 7.91. The molecule has 1 atom stereocenters. The quantitative estimate of drug-likeness (QED) is 0.836. The van der Waals surface area contributed by atoms with Crippen LogP contribution in [-0.2, 0) is 19.4 Å². The van der Waals surface area contributed by atoms with Crippen molar-refractivity contribution in [1.82, 2.24) is 5.32 Å². The van der Waals surface area contributed by atoms with E-state index in [0.717, 1.165) is 0 Å². The maximum absolute atomic E-state index is 12.8. The minimum atomic E-state index is -3.56. The molecule has 142 valence electrons. The molecule has 0 saturated heterocycles. The Morgan fingerprint density at radius 1 is 1.11 bits per heavy atom. The van der Waals surface area contributed by atoms with Crippen LogP contribution in [0.5, 0.6) is 5.75 Å². The number of likely N-dealkylation sites (N-methyl/N-ethyl adjacent to an activating group) is 1. The summed E-state index contributed by atoms with van der Waals surface area (Å²) in [7, 11) is -2.07. The number of rotatable bonds is 5. The lowest BCUT2D eigenvalue weighted by Crippen LogP contribution is -2.50. The van der Waals surface area contributed by atoms with Crippen molar-refractivity contribution < 1.29 is 22.7 Å². The zero-order valence-electron chi connectivity index (χ0n) is 14.8. The molecular weight excluding hydrogens is 368 g/mol. The van der Waals surface area contributed by atoms with Gasteiger partial charge < -0.3 is 15.0 Å². The number of para-hydroxylation sites is 2. The molecule has 0 spiro atoms. The van der Waals surface area contributed by atoms with Crippen LogP contribution >= 0.6 is 0 Å². The third-order valence-electron chi connectivity index (χ3n) is 4.30. The first kappa shape index (κ1) is 18.9. The number of amides is 2. The molecule has 1 N–H and O–H groups in total. The normalized spacial score (nSPS) is 16.2. The third-order valence-corrected chi connectivity index (χ3v) is 6.03. The maximum Gasteiger partial charge on any atom is 0.262 e. The topological polar surface area (TPSA) is 92.8 Å². The number of fused-ring (bicyclic) bond motifs is 1. The summed E-state index contributed by atoms with van der Waals surface area (Å²) in [6.45, 7) is 0.0287. The van der Waals surface area contributed by atoms with Gasteiger partial charge in [-0.25, -0.2) is 8.42 Å². The predicted molar refractivity (Wildman–Crippen MR) is 100 cm³/mol. The minimum absolute atomic E-state index is 0.0287. The van der Waals surface area contributed by atoms with Gasteiger partial charge in [-0.3, -0.25) is 9.59 Å². The van der Waals surface area contributed by atoms with Gasteiger partial charge in [0.05, 0.1) is 22.9 Å². The highest BCUT2D eigenvalue weighted by atomic mass is 32.2. The standard InChI is InChI=1S/C19H20N2O5S/c1-20-19(23)17-13-21(15-9-5-6-10-16(15)26-17)18(22)11-12-27(24,25)14-7-3-2-4-8-14/h2-10,17H,11-13H2,1H3,(H,20,23)/t17-/m1/s1. The highest BCUT2D eigenvalue weighted by Crippen LogP contribution is 2.33. The molecule has 0 fully saturated rings. The molecular formula is C19H20N2O5S. The van der Waals surface area contributed by atoms with E-state index in [4.69, 9.17) is 4.74 Å². The Kier molecular flexibility index (Phi) is 5.46. The average molecular weight is 388 g/mol. The number of sulfone groups is 1. The van der Waals surface area contributed by atoms with Crippen molar-refractivity contribution in [3.05, 3.63) is 54.6 Å². The predicted octanol–water partition coefficient (Wildman–Crippen LogP) is 1.39. The van der Waals surface area contributed by atoms with Gasteiger partial charge in [-0.1, -0.05) is 30.3 Å². The number of carbonyl (C=O) groups is 2. The van der Waals surface area contributed by atoms with Gasteiger partial charge in [0.2, 0.25) is 5.91 Å². The summed E-state index contributed by atoms with van der Waals surface area (Å²) >= 11 is 0. The van der Waals surface area contributed by atoms with Gasteiger partial charge in [0.15, 0.2) is 15.9 Å². The fraction of sp³-hybridized carbons (Fsp3) is 0.263. The molecule has 1 aliphatic heterocycles. The Hall–Kier alpha value is -2.87. The van der Waals surface area contributed by atoms with E-state index in [-0.39, 0.29) is 35.4 Å². The smallest absolute Gasteiger partial charge is 0.262 e. The summed E-state index contributed by atoms with van der Waals surface area (Å²) in [5.41, 5.74) is 0.528. The number of hydrogen-bond acceptors (Lipinski definition) is 5. The van der Waals surface area contributed by atoms with Crippen LogP contribution in [0.3, 0.4) is 0 Å². The summed E-state index contributed by atoms with van der Waals surface area (Å²) in [6.07, 6.45) is -1.04. The van der Waals surface area contributed by atoms with Crippen LogP contribution < -0.4 is 15.0 Å². The van der Waals surface area contributed by atoms with E-state index in [2.05, 4.69) is 5.32 Å². The summed E-state index contributed by atoms with van der Waals surface area (Å²) in [5, 5.41) is 2.50. The van der Waals surface area contributed by atoms with Gasteiger partial charge in [-0.15, -0.1) is 0 Å². The van der Waals surface area contributed by atoms with Crippen molar-refractivity contribution in [1.29, 1.82) is 0 Å². The molecule has 1 heterocycles. The first-order valence-corrected chi connectivity index (χ1v) is 10.1. The van der Waals surface area contributed by atoms with Gasteiger partial charge in [-0.05, 0) is 24.3 Å². The van der Waals surface area contributed by atoms with Crippen molar-refractivity contribution in [2.24, 2.45) is 0 Å². The molecule has 0 radical (unpaired) electrons. The highest BCUT2D eigenvalue weighted by Gasteiger charge is 2.33. The second-order valence-corrected chi connectivity index (χ2v) is 8.18. The first-order chi connectivity index (χ1) is 12.9. The summed E-state index contributed by atoms with van der Waals surface area (Å²) in [4.78, 5) is 26.3. The fourth-order valence-electron chi connectivity index (χ4n) is 2.87. The fourth-order valence-corrected chi connectivity index (χ4v) is 4.12. The van der Waals surface area contributed by atoms with Crippen LogP contribution in [0, 0.1) is 0 Å². The van der Waals surface area contributed by atoms with Gasteiger partial charge in [-0.2, -0.15) is 0 Å². The van der Waals surface area contributed by atoms with Gasteiger partial charge in [0.1, 0.15) is 5.75 Å². The molecule has 7 nitrogen and oxygen atoms in total. The first-order valence-electron chi connectivity index (χ1n) is 8.48. The second-order valence-electron chi connectivity index (χ2n) is 6.07. The maximum atomic E-state index is 12.8. The molecule has 2 amide bonds. The molecule has 3 rings (SSSR count). The lowest BCUT2D eigenvalue weighted by Gasteiger charge is -2.34. The van der Waals surface area contributed by atoms with Gasteiger partial charge in [0, 0.05) is 13.5 Å². The molecule has 0 saturated carbocycles. The van der Waals surface area contributed by atoms with Crippen LogP contribution in [0.2, 0.25) is 0 Å². The average Bonchev–Trinajstić information content (AvgIpc) is 2.71. The Morgan fingerprint density at radius 2 is 1.78 bits per heavy atom. The van der Waals surface area contributed by atoms with Crippen LogP contribution in [0.25, 0.3) is 0 Å². The van der Waals surface area contributed by atoms with Gasteiger partial charge >= 0.3 is 0 Å². The Morgan fingerprint density at radius 3 is 2.48 bits per heavy atom. The lowest BCUT2D eigenvalue weighted by atomic mass is 10.1. The molecule has 2 aromatic rings. The molecule has 8 heteroatoms. The molecule has 0 aromatic heterocycles. The Balaban J connectivity index is 1.78. The van der Waals surface area contributed by atoms with E-state index >= 15 is 0 Å². The van der Waals surface area contributed by atoms with E-state index in [1.54, 1.807) is 42.5 Å². The van der Waals surface area contributed by atoms with Crippen LogP contribution in [0.15, 0.2) is 59.5 Å². The van der Waals surface area contributed by atoms with Crippen molar-refractivity contribution >= 4 is 27.3 Å². The molecule has 0 bridgehead atoms. The molecule has 27 heavy (non-hydrogen) atoms. The number of ether oxygens (including phenoxy) is 1. The Bertz CT molecular complexity index is 944. The summed E-state index contributed by atoms with van der Waals surface area (Å²) < 4.78 is 30.5. The SMILES string of the molecule is CNC(=O)[C@H]1CN(C(=O)CCS(=O)(=O)c2ccccc2)c2ccccc2O1. The van der Waals surface area contributed by atoms with Crippen molar-refractivity contribution in [2.75, 3.05) is 24.2 Å². The third kappa shape index (κ3) is 4.11. The summed E-state index contributed by atoms with van der Waals surface area (Å²) in [6, 6.07) is 14.9. The minimum Gasteiger partial charge on any atom is -0.477 e. The van der Waals surface area contributed by atoms with Crippen LogP contribution in [0.1, 0.15) is 6.42 Å². The van der Waals surface area contributed by atoms with Crippen LogP contribution in [0.4, 0.5) is 5.69 Å². The van der Waals surface area contributed by atoms with Gasteiger partial charge in [0.25, 0.3) is 5.91 Å². The Labute approximate surface area is 157 Å². The lowest BCUT2D eigenvalue weighted by molar-refractivity contribution is -0.127. The second kappa shape index (κ2) is 7.79. The largest absolute Gasteiger partial charge is 0.477 e. The van der Waals surface area contributed by atoms with E-state index in [1.165, 1.54) is 24.1 Å². The van der Waals surface area contributed by atoms with Crippen LogP contribution in [-0.4, -0.2) is 45.7 Å². The number of anilines is 1. The number of hydrogen-bond donors (Lipinski definition) is 1. The number of benzene rings is 2. The zero-order chi connectivity index (χ0) is 19.4. The van der Waals surface area contributed by atoms with E-state index in [1.807, 2.05) is 0 Å². The molecule has 0 unspecified atom stereocenters. The van der Waals surface area contributed by atoms with E-state index in [9.17, 15) is 18.0 Å².